The number of nitrogens with zero attached hydrogens (tertiary/aromatic N) is 3. The van der Waals surface area contributed by atoms with Gasteiger partial charge in [-0.15, -0.1) is 0 Å². The summed E-state index contributed by atoms with van der Waals surface area (Å²) in [5, 5.41) is 13.8. The molecular weight excluding hydrogens is 222 g/mol. The first-order valence-electron chi connectivity index (χ1n) is 5.62. The number of nitrogens with one attached hydrogen (secondary N) is 1. The van der Waals surface area contributed by atoms with E-state index in [1.54, 1.807) is 11.6 Å². The van der Waals surface area contributed by atoms with Gasteiger partial charge in [0.15, 0.2) is 0 Å². The fourth-order valence-electron chi connectivity index (χ4n) is 1.52. The molecule has 17 heavy (non-hydrogen) atoms. The maximum atomic E-state index is 10.8. The van der Waals surface area contributed by atoms with Gasteiger partial charge in [-0.1, -0.05) is 13.8 Å². The second kappa shape index (κ2) is 5.13. The highest BCUT2D eigenvalue weighted by Crippen LogP contribution is 2.22. The van der Waals surface area contributed by atoms with Crippen molar-refractivity contribution in [1.29, 1.82) is 0 Å². The Morgan fingerprint density at radius 2 is 2.18 bits per heavy atom. The Hall–Kier alpha value is -1.63. The topological polar surface area (TPSA) is 99.0 Å². The summed E-state index contributed by atoms with van der Waals surface area (Å²) in [5.41, 5.74) is 5.78. The first kappa shape index (κ1) is 13.4. The summed E-state index contributed by atoms with van der Waals surface area (Å²) in [5.74, 6) is 0.230. The van der Waals surface area contributed by atoms with Crippen molar-refractivity contribution in [1.82, 2.24) is 9.55 Å². The number of hydrogen-bond donors (Lipinski definition) is 2. The molecule has 0 amide bonds. The zero-order valence-corrected chi connectivity index (χ0v) is 10.4. The van der Waals surface area contributed by atoms with Crippen LogP contribution < -0.4 is 11.1 Å². The minimum Gasteiger partial charge on any atom is -0.362 e. The molecule has 0 saturated carbocycles. The van der Waals surface area contributed by atoms with Gasteiger partial charge in [0.05, 0.1) is 0 Å². The quantitative estimate of drug-likeness (QED) is 0.577. The Bertz CT molecular complexity index is 397. The summed E-state index contributed by atoms with van der Waals surface area (Å²) >= 11 is 0. The monoisotopic (exact) mass is 241 g/mol. The zero-order valence-electron chi connectivity index (χ0n) is 10.4. The van der Waals surface area contributed by atoms with E-state index in [1.807, 2.05) is 13.8 Å². The number of imidazole rings is 1. The van der Waals surface area contributed by atoms with Crippen LogP contribution in [0.1, 0.15) is 26.7 Å². The van der Waals surface area contributed by atoms with Crippen molar-refractivity contribution in [2.45, 2.75) is 32.2 Å². The third-order valence-electron chi connectivity index (χ3n) is 3.11. The fourth-order valence-corrected chi connectivity index (χ4v) is 1.52. The van der Waals surface area contributed by atoms with E-state index in [1.165, 1.54) is 6.33 Å². The SMILES string of the molecule is CCC(N)(CC)CNc1c([N+](=O)[O-])ncn1C. The molecule has 3 N–H and O–H groups in total. The molecule has 0 unspecified atom stereocenters. The number of nitrogens with two attached hydrogens (primary N) is 1. The van der Waals surface area contributed by atoms with Crippen molar-refractivity contribution >= 4 is 11.6 Å². The van der Waals surface area contributed by atoms with Gasteiger partial charge in [-0.05, 0) is 22.7 Å². The smallest absolute Gasteiger partial charge is 0.362 e. The van der Waals surface area contributed by atoms with E-state index in [2.05, 4.69) is 10.3 Å². The molecule has 0 aromatic carbocycles. The maximum absolute atomic E-state index is 10.8. The van der Waals surface area contributed by atoms with E-state index in [0.717, 1.165) is 12.8 Å². The highest BCUT2D eigenvalue weighted by Gasteiger charge is 2.24. The van der Waals surface area contributed by atoms with E-state index >= 15 is 0 Å². The molecular formula is C10H19N5O2. The van der Waals surface area contributed by atoms with E-state index in [9.17, 15) is 10.1 Å². The number of aromatic nitrogens is 2. The summed E-state index contributed by atoms with van der Waals surface area (Å²) in [4.78, 5) is 14.0. The second-order valence-corrected chi connectivity index (χ2v) is 4.21. The van der Waals surface area contributed by atoms with Gasteiger partial charge in [0, 0.05) is 19.1 Å². The van der Waals surface area contributed by atoms with Gasteiger partial charge in [0.2, 0.25) is 12.1 Å². The van der Waals surface area contributed by atoms with Crippen LogP contribution >= 0.6 is 0 Å². The average molecular weight is 241 g/mol. The summed E-state index contributed by atoms with van der Waals surface area (Å²) in [6.45, 7) is 4.49. The van der Waals surface area contributed by atoms with Crippen molar-refractivity contribution < 1.29 is 4.92 Å². The molecule has 96 valence electrons. The van der Waals surface area contributed by atoms with Crippen LogP contribution in [0.3, 0.4) is 0 Å². The first-order valence-corrected chi connectivity index (χ1v) is 5.62. The number of rotatable bonds is 6. The Morgan fingerprint density at radius 3 is 2.65 bits per heavy atom. The molecule has 0 spiro atoms. The second-order valence-electron chi connectivity index (χ2n) is 4.21. The van der Waals surface area contributed by atoms with Crippen molar-refractivity contribution in [2.24, 2.45) is 12.8 Å². The highest BCUT2D eigenvalue weighted by atomic mass is 16.6. The molecule has 7 nitrogen and oxygen atoms in total. The van der Waals surface area contributed by atoms with E-state index < -0.39 is 4.92 Å². The maximum Gasteiger partial charge on any atom is 0.406 e. The normalized spacial score (nSPS) is 11.5. The highest BCUT2D eigenvalue weighted by molar-refractivity contribution is 5.52. The van der Waals surface area contributed by atoms with Crippen LogP contribution in [0.5, 0.6) is 0 Å². The molecule has 0 radical (unpaired) electrons. The molecule has 0 bridgehead atoms. The molecule has 1 aromatic heterocycles. The molecule has 0 atom stereocenters. The van der Waals surface area contributed by atoms with Gasteiger partial charge >= 0.3 is 5.82 Å². The Kier molecular flexibility index (Phi) is 4.06. The molecule has 0 aliphatic carbocycles. The third kappa shape index (κ3) is 2.94. The van der Waals surface area contributed by atoms with Gasteiger partial charge in [0.25, 0.3) is 0 Å². The van der Waals surface area contributed by atoms with Gasteiger partial charge in [0.1, 0.15) is 0 Å². The van der Waals surface area contributed by atoms with Gasteiger partial charge in [-0.25, -0.2) is 0 Å². The minimum absolute atomic E-state index is 0.165. The van der Waals surface area contributed by atoms with Crippen LogP contribution in [0, 0.1) is 10.1 Å². The molecule has 0 saturated heterocycles. The van der Waals surface area contributed by atoms with E-state index in [-0.39, 0.29) is 11.4 Å². The van der Waals surface area contributed by atoms with Crippen LogP contribution in [0.25, 0.3) is 0 Å². The number of anilines is 1. The Balaban J connectivity index is 2.82. The van der Waals surface area contributed by atoms with Crippen LogP contribution in [0.4, 0.5) is 11.6 Å². The summed E-state index contributed by atoms with van der Waals surface area (Å²) in [6, 6.07) is 0. The first-order chi connectivity index (χ1) is 7.93. The van der Waals surface area contributed by atoms with Crippen molar-refractivity contribution in [3.8, 4) is 0 Å². The van der Waals surface area contributed by atoms with Crippen LogP contribution in [0.15, 0.2) is 6.33 Å². The minimum atomic E-state index is -0.502. The van der Waals surface area contributed by atoms with Crippen LogP contribution in [0.2, 0.25) is 0 Å². The van der Waals surface area contributed by atoms with Crippen molar-refractivity contribution in [3.05, 3.63) is 16.4 Å². The molecule has 0 aliphatic rings. The lowest BCUT2D eigenvalue weighted by Crippen LogP contribution is -2.45. The van der Waals surface area contributed by atoms with Gasteiger partial charge < -0.3 is 21.2 Å². The summed E-state index contributed by atoms with van der Waals surface area (Å²) in [6.07, 6.45) is 3.03. The van der Waals surface area contributed by atoms with Crippen LogP contribution in [-0.4, -0.2) is 26.6 Å². The van der Waals surface area contributed by atoms with Gasteiger partial charge in [-0.3, -0.25) is 4.57 Å². The largest absolute Gasteiger partial charge is 0.406 e. The molecule has 1 rings (SSSR count). The molecule has 1 heterocycles. The zero-order chi connectivity index (χ0) is 13.1. The molecule has 1 aromatic rings. The molecule has 0 fully saturated rings. The lowest BCUT2D eigenvalue weighted by Gasteiger charge is -2.27. The lowest BCUT2D eigenvalue weighted by molar-refractivity contribution is -0.388. The van der Waals surface area contributed by atoms with E-state index in [4.69, 9.17) is 5.73 Å². The Morgan fingerprint density at radius 1 is 1.59 bits per heavy atom. The van der Waals surface area contributed by atoms with Crippen molar-refractivity contribution in [3.63, 3.8) is 0 Å². The number of nitro groups is 1. The van der Waals surface area contributed by atoms with Gasteiger partial charge in [-0.2, -0.15) is 0 Å². The Labute approximate surface area is 100 Å². The molecule has 7 heteroatoms. The summed E-state index contributed by atoms with van der Waals surface area (Å²) in [7, 11) is 1.71. The average Bonchev–Trinajstić information content (AvgIpc) is 2.68. The number of hydrogen-bond acceptors (Lipinski definition) is 5. The standard InChI is InChI=1S/C10H19N5O2/c1-4-10(11,5-2)6-12-8-9(15(16)17)13-7-14(8)3/h7,12H,4-6,11H2,1-3H3. The predicted molar refractivity (Wildman–Crippen MR) is 65.9 cm³/mol. The summed E-state index contributed by atoms with van der Waals surface area (Å²) < 4.78 is 1.59. The third-order valence-corrected chi connectivity index (χ3v) is 3.11. The van der Waals surface area contributed by atoms with Crippen molar-refractivity contribution in [2.75, 3.05) is 11.9 Å². The predicted octanol–water partition coefficient (Wildman–Crippen LogP) is 1.26. The van der Waals surface area contributed by atoms with E-state index in [0.29, 0.717) is 12.4 Å². The number of aryl methyl sites for hydroxylation is 1. The van der Waals surface area contributed by atoms with Crippen LogP contribution in [-0.2, 0) is 7.05 Å². The lowest BCUT2D eigenvalue weighted by atomic mass is 9.94. The fraction of sp³-hybridized carbons (Fsp3) is 0.700. The molecule has 0 aliphatic heterocycles.